The van der Waals surface area contributed by atoms with E-state index >= 15 is 0 Å². The van der Waals surface area contributed by atoms with Crippen LogP contribution in [0.1, 0.15) is 37.3 Å². The number of carbonyl (C=O) groups is 1. The van der Waals surface area contributed by atoms with Crippen LogP contribution in [0.3, 0.4) is 0 Å². The number of aromatic hydroxyl groups is 1. The van der Waals surface area contributed by atoms with Crippen LogP contribution in [0.25, 0.3) is 0 Å². The zero-order chi connectivity index (χ0) is 22.3. The van der Waals surface area contributed by atoms with Gasteiger partial charge in [0.25, 0.3) is 0 Å². The maximum Gasteiger partial charge on any atom is 0.343 e. The number of rotatable bonds is 4. The minimum atomic E-state index is -2.32. The molecule has 4 aliphatic rings. The second-order valence-corrected chi connectivity index (χ2v) is 9.25. The normalized spacial score (nSPS) is 36.9. The SMILES string of the molecule is CC1CC[C@]23c4c5ccc(O)c4O[C@H]2C(OC(=O)[C@H](O)[C@@H](O)C(O)O)=CC[C@@]3(O)[C@H]1C5. The van der Waals surface area contributed by atoms with Crippen molar-refractivity contribution in [3.8, 4) is 11.5 Å². The standard InChI is InChI=1S/C22H26O9/c1-9-4-6-21-14-10-2-3-12(23)17(14)31-18(21)13(5-7-22(21,29)11(9)8-10)30-20(28)16(25)15(24)19(26)27/h2-3,5,9,11,15-16,18-19,23-27,29H,4,6-8H2,1H3/t9?,11-,15+,16+,18-,21-,22+/m0/s1. The third kappa shape index (κ3) is 2.52. The predicted octanol–water partition coefficient (Wildman–Crippen LogP) is -0.412. The first-order valence-corrected chi connectivity index (χ1v) is 10.5. The van der Waals surface area contributed by atoms with Crippen molar-refractivity contribution >= 4 is 5.97 Å². The molecule has 31 heavy (non-hydrogen) atoms. The van der Waals surface area contributed by atoms with Crippen molar-refractivity contribution in [1.29, 1.82) is 0 Å². The molecule has 0 radical (unpaired) electrons. The predicted molar refractivity (Wildman–Crippen MR) is 104 cm³/mol. The van der Waals surface area contributed by atoms with E-state index in [-0.39, 0.29) is 35.5 Å². The summed E-state index contributed by atoms with van der Waals surface area (Å²) in [5, 5.41) is 60.0. The van der Waals surface area contributed by atoms with Gasteiger partial charge in [-0.25, -0.2) is 4.79 Å². The molecule has 1 aliphatic heterocycles. The Balaban J connectivity index is 1.58. The zero-order valence-corrected chi connectivity index (χ0v) is 16.9. The van der Waals surface area contributed by atoms with E-state index in [1.165, 1.54) is 0 Å². The van der Waals surface area contributed by atoms with E-state index < -0.39 is 41.6 Å². The first-order valence-electron chi connectivity index (χ1n) is 10.5. The van der Waals surface area contributed by atoms with E-state index in [1.807, 2.05) is 6.07 Å². The fraction of sp³-hybridized carbons (Fsp3) is 0.591. The van der Waals surface area contributed by atoms with Gasteiger partial charge in [-0.15, -0.1) is 0 Å². The number of hydrogen-bond acceptors (Lipinski definition) is 9. The van der Waals surface area contributed by atoms with Crippen LogP contribution in [0.2, 0.25) is 0 Å². The summed E-state index contributed by atoms with van der Waals surface area (Å²) in [5.41, 5.74) is -0.341. The van der Waals surface area contributed by atoms with E-state index in [4.69, 9.17) is 19.7 Å². The van der Waals surface area contributed by atoms with Gasteiger partial charge in [0.15, 0.2) is 30.0 Å². The maximum atomic E-state index is 12.4. The van der Waals surface area contributed by atoms with E-state index in [2.05, 4.69) is 6.92 Å². The molecule has 3 aliphatic carbocycles. The van der Waals surface area contributed by atoms with E-state index in [0.29, 0.717) is 12.8 Å². The summed E-state index contributed by atoms with van der Waals surface area (Å²) in [7, 11) is 0. The number of aliphatic hydroxyl groups excluding tert-OH is 3. The lowest BCUT2D eigenvalue weighted by molar-refractivity contribution is -0.188. The van der Waals surface area contributed by atoms with Crippen molar-refractivity contribution in [2.45, 2.75) is 68.2 Å². The Kier molecular flexibility index (Phi) is 4.45. The maximum absolute atomic E-state index is 12.4. The van der Waals surface area contributed by atoms with Gasteiger partial charge in [0, 0.05) is 5.56 Å². The minimum Gasteiger partial charge on any atom is -0.504 e. The minimum absolute atomic E-state index is 0.0409. The van der Waals surface area contributed by atoms with Gasteiger partial charge in [-0.1, -0.05) is 13.0 Å². The largest absolute Gasteiger partial charge is 0.504 e. The Morgan fingerprint density at radius 2 is 2.00 bits per heavy atom. The Labute approximate surface area is 178 Å². The highest BCUT2D eigenvalue weighted by Crippen LogP contribution is 2.68. The van der Waals surface area contributed by atoms with Crippen molar-refractivity contribution in [3.05, 3.63) is 35.1 Å². The highest BCUT2D eigenvalue weighted by atomic mass is 16.6. The average molecular weight is 434 g/mol. The Morgan fingerprint density at radius 3 is 2.71 bits per heavy atom. The summed E-state index contributed by atoms with van der Waals surface area (Å²) in [4.78, 5) is 12.4. The van der Waals surface area contributed by atoms with E-state index in [1.54, 1.807) is 12.1 Å². The third-order valence-electron chi connectivity index (χ3n) is 7.82. The van der Waals surface area contributed by atoms with Crippen LogP contribution >= 0.6 is 0 Å². The molecule has 1 spiro atoms. The molecule has 1 saturated carbocycles. The lowest BCUT2D eigenvalue weighted by Gasteiger charge is -2.61. The first kappa shape index (κ1) is 20.7. The van der Waals surface area contributed by atoms with Crippen molar-refractivity contribution in [3.63, 3.8) is 0 Å². The molecule has 2 bridgehead atoms. The highest BCUT2D eigenvalue weighted by molar-refractivity contribution is 5.77. The molecular weight excluding hydrogens is 408 g/mol. The molecule has 5 rings (SSSR count). The summed E-state index contributed by atoms with van der Waals surface area (Å²) in [6.45, 7) is 2.11. The second-order valence-electron chi connectivity index (χ2n) is 9.25. The smallest absolute Gasteiger partial charge is 0.343 e. The molecule has 1 heterocycles. The van der Waals surface area contributed by atoms with Gasteiger partial charge in [-0.3, -0.25) is 0 Å². The molecule has 1 aromatic rings. The molecule has 0 amide bonds. The molecule has 1 unspecified atom stereocenters. The number of esters is 1. The molecule has 7 atom stereocenters. The Morgan fingerprint density at radius 1 is 1.26 bits per heavy atom. The summed E-state index contributed by atoms with van der Waals surface area (Å²) < 4.78 is 11.5. The van der Waals surface area contributed by atoms with Crippen molar-refractivity contribution < 1.29 is 44.9 Å². The number of phenolic OH excluding ortho intramolecular Hbond substituents is 1. The van der Waals surface area contributed by atoms with Gasteiger partial charge < -0.3 is 40.1 Å². The lowest BCUT2D eigenvalue weighted by atomic mass is 9.45. The van der Waals surface area contributed by atoms with Gasteiger partial charge in [0.1, 0.15) is 11.9 Å². The van der Waals surface area contributed by atoms with Gasteiger partial charge in [0.2, 0.25) is 0 Å². The topological polar surface area (TPSA) is 157 Å². The number of hydrogen-bond donors (Lipinski definition) is 6. The highest BCUT2D eigenvalue weighted by Gasteiger charge is 2.72. The third-order valence-corrected chi connectivity index (χ3v) is 7.82. The van der Waals surface area contributed by atoms with Gasteiger partial charge in [0.05, 0.1) is 11.0 Å². The summed E-state index contributed by atoms with van der Waals surface area (Å²) in [5.74, 6) is -0.779. The summed E-state index contributed by atoms with van der Waals surface area (Å²) >= 11 is 0. The van der Waals surface area contributed by atoms with Crippen molar-refractivity contribution in [2.75, 3.05) is 0 Å². The van der Waals surface area contributed by atoms with Gasteiger partial charge in [-0.05, 0) is 55.2 Å². The molecule has 0 saturated heterocycles. The van der Waals surface area contributed by atoms with Gasteiger partial charge >= 0.3 is 5.97 Å². The van der Waals surface area contributed by atoms with Crippen LogP contribution in [0.4, 0.5) is 0 Å². The van der Waals surface area contributed by atoms with Crippen LogP contribution in [-0.2, 0) is 21.4 Å². The van der Waals surface area contributed by atoms with Crippen LogP contribution in [0.15, 0.2) is 24.0 Å². The molecule has 1 fully saturated rings. The number of phenols is 1. The fourth-order valence-corrected chi connectivity index (χ4v) is 6.29. The van der Waals surface area contributed by atoms with Gasteiger partial charge in [-0.2, -0.15) is 0 Å². The number of aliphatic hydroxyl groups is 5. The Bertz CT molecular complexity index is 972. The zero-order valence-electron chi connectivity index (χ0n) is 16.9. The number of benzene rings is 1. The molecule has 9 heteroatoms. The number of ether oxygens (including phenoxy) is 2. The quantitative estimate of drug-likeness (QED) is 0.274. The van der Waals surface area contributed by atoms with Crippen LogP contribution < -0.4 is 4.74 Å². The van der Waals surface area contributed by atoms with Crippen molar-refractivity contribution in [2.24, 2.45) is 11.8 Å². The monoisotopic (exact) mass is 434 g/mol. The summed E-state index contributed by atoms with van der Waals surface area (Å²) in [6.07, 6.45) is -3.77. The molecule has 168 valence electrons. The van der Waals surface area contributed by atoms with E-state index in [0.717, 1.165) is 17.5 Å². The van der Waals surface area contributed by atoms with Crippen LogP contribution in [0, 0.1) is 11.8 Å². The first-order chi connectivity index (χ1) is 14.6. The number of carbonyl (C=O) groups excluding carboxylic acids is 1. The van der Waals surface area contributed by atoms with E-state index in [9.17, 15) is 25.2 Å². The molecule has 9 nitrogen and oxygen atoms in total. The Hall–Kier alpha value is -2.17. The van der Waals surface area contributed by atoms with Crippen LogP contribution in [0.5, 0.6) is 11.5 Å². The lowest BCUT2D eigenvalue weighted by Crippen LogP contribution is -2.69. The average Bonchev–Trinajstić information content (AvgIpc) is 3.09. The van der Waals surface area contributed by atoms with Crippen LogP contribution in [-0.4, -0.2) is 66.8 Å². The second kappa shape index (κ2) is 6.66. The molecular formula is C22H26O9. The molecule has 0 aromatic heterocycles. The fourth-order valence-electron chi connectivity index (χ4n) is 6.29. The molecule has 1 aromatic carbocycles. The summed E-state index contributed by atoms with van der Waals surface area (Å²) in [6, 6.07) is 3.41. The molecule has 6 N–H and O–H groups in total. The van der Waals surface area contributed by atoms with Crippen molar-refractivity contribution in [1.82, 2.24) is 0 Å².